The van der Waals surface area contributed by atoms with Crippen molar-refractivity contribution in [1.82, 2.24) is 9.78 Å². The van der Waals surface area contributed by atoms with Gasteiger partial charge in [-0.3, -0.25) is 4.68 Å². The summed E-state index contributed by atoms with van der Waals surface area (Å²) in [6.45, 7) is 2.81. The Morgan fingerprint density at radius 1 is 1.47 bits per heavy atom. The molecular formula is C12H15BrN4. The van der Waals surface area contributed by atoms with Gasteiger partial charge in [-0.1, -0.05) is 0 Å². The van der Waals surface area contributed by atoms with E-state index in [9.17, 15) is 0 Å². The molecule has 3 N–H and O–H groups in total. The minimum absolute atomic E-state index is 0.750. The van der Waals surface area contributed by atoms with Gasteiger partial charge in [0.25, 0.3) is 0 Å². The molecule has 17 heavy (non-hydrogen) atoms. The molecule has 0 unspecified atom stereocenters. The third-order valence-corrected chi connectivity index (χ3v) is 3.46. The molecule has 1 aromatic heterocycles. The summed E-state index contributed by atoms with van der Waals surface area (Å²) in [6.07, 6.45) is 1.88. The van der Waals surface area contributed by atoms with Crippen LogP contribution < -0.4 is 11.1 Å². The molecule has 0 aliphatic carbocycles. The zero-order valence-corrected chi connectivity index (χ0v) is 11.5. The number of benzene rings is 1. The highest BCUT2D eigenvalue weighted by molar-refractivity contribution is 9.10. The van der Waals surface area contributed by atoms with E-state index in [1.54, 1.807) is 0 Å². The number of rotatable bonds is 3. The van der Waals surface area contributed by atoms with E-state index in [4.69, 9.17) is 5.73 Å². The number of hydrogen-bond donors (Lipinski definition) is 2. The van der Waals surface area contributed by atoms with Gasteiger partial charge in [-0.05, 0) is 41.1 Å². The third-order valence-electron chi connectivity index (χ3n) is 2.80. The molecule has 0 saturated carbocycles. The maximum atomic E-state index is 5.69. The Bertz CT molecular complexity index is 533. The standard InChI is InChI=1S/C12H15BrN4/c1-8-9(7-16-17(8)2)6-15-12-4-3-10(14)5-11(12)13/h3-5,7,15H,6,14H2,1-2H3. The van der Waals surface area contributed by atoms with Crippen molar-refractivity contribution in [2.75, 3.05) is 11.1 Å². The SMILES string of the molecule is Cc1c(CNc2ccc(N)cc2Br)cnn1C. The first kappa shape index (κ1) is 12.0. The first-order valence-electron chi connectivity index (χ1n) is 5.34. The number of aryl methyl sites for hydroxylation is 1. The van der Waals surface area contributed by atoms with Gasteiger partial charge in [0.15, 0.2) is 0 Å². The number of halogens is 1. The molecule has 0 bridgehead atoms. The van der Waals surface area contributed by atoms with Gasteiger partial charge in [0.05, 0.1) is 6.20 Å². The van der Waals surface area contributed by atoms with Crippen LogP contribution in [-0.4, -0.2) is 9.78 Å². The van der Waals surface area contributed by atoms with Gasteiger partial charge in [0.2, 0.25) is 0 Å². The summed E-state index contributed by atoms with van der Waals surface area (Å²) in [7, 11) is 1.94. The normalized spacial score (nSPS) is 10.5. The summed E-state index contributed by atoms with van der Waals surface area (Å²) >= 11 is 3.48. The summed E-state index contributed by atoms with van der Waals surface area (Å²) in [6, 6.07) is 5.73. The molecule has 1 heterocycles. The van der Waals surface area contributed by atoms with Gasteiger partial charge in [-0.15, -0.1) is 0 Å². The van der Waals surface area contributed by atoms with E-state index in [0.29, 0.717) is 0 Å². The lowest BCUT2D eigenvalue weighted by atomic mass is 10.2. The molecule has 4 nitrogen and oxygen atoms in total. The van der Waals surface area contributed by atoms with Gasteiger partial charge in [-0.2, -0.15) is 5.10 Å². The van der Waals surface area contributed by atoms with E-state index < -0.39 is 0 Å². The average molecular weight is 295 g/mol. The second kappa shape index (κ2) is 4.79. The molecule has 2 aromatic rings. The summed E-state index contributed by atoms with van der Waals surface area (Å²) < 4.78 is 2.84. The Labute approximate surface area is 109 Å². The molecule has 1 aromatic carbocycles. The van der Waals surface area contributed by atoms with Gasteiger partial charge < -0.3 is 11.1 Å². The van der Waals surface area contributed by atoms with Gasteiger partial charge in [0.1, 0.15) is 0 Å². The summed E-state index contributed by atoms with van der Waals surface area (Å²) in [5.41, 5.74) is 9.83. The predicted octanol–water partition coefficient (Wildman–Crippen LogP) is 2.69. The molecule has 0 saturated heterocycles. The molecule has 90 valence electrons. The number of aromatic nitrogens is 2. The van der Waals surface area contributed by atoms with Crippen molar-refractivity contribution >= 4 is 27.3 Å². The van der Waals surface area contributed by atoms with E-state index in [0.717, 1.165) is 22.4 Å². The van der Waals surface area contributed by atoms with Crippen LogP contribution in [0.15, 0.2) is 28.9 Å². The first-order chi connectivity index (χ1) is 8.08. The van der Waals surface area contributed by atoms with Crippen molar-refractivity contribution in [2.24, 2.45) is 7.05 Å². The molecule has 0 amide bonds. The van der Waals surface area contributed by atoms with Gasteiger partial charge >= 0.3 is 0 Å². The van der Waals surface area contributed by atoms with Gasteiger partial charge in [0, 0.05) is 40.7 Å². The van der Waals surface area contributed by atoms with Crippen molar-refractivity contribution in [2.45, 2.75) is 13.5 Å². The average Bonchev–Trinajstić information content (AvgIpc) is 2.59. The monoisotopic (exact) mass is 294 g/mol. The number of anilines is 2. The van der Waals surface area contributed by atoms with Crippen LogP contribution in [0.3, 0.4) is 0 Å². The maximum absolute atomic E-state index is 5.69. The fourth-order valence-electron chi connectivity index (χ4n) is 1.58. The number of nitrogen functional groups attached to an aromatic ring is 1. The summed E-state index contributed by atoms with van der Waals surface area (Å²) in [5.74, 6) is 0. The number of hydrogen-bond acceptors (Lipinski definition) is 3. The van der Waals surface area contributed by atoms with Crippen LogP contribution in [0, 0.1) is 6.92 Å². The Morgan fingerprint density at radius 3 is 2.82 bits per heavy atom. The van der Waals surface area contributed by atoms with E-state index in [1.165, 1.54) is 11.3 Å². The lowest BCUT2D eigenvalue weighted by Gasteiger charge is -2.08. The van der Waals surface area contributed by atoms with Crippen molar-refractivity contribution < 1.29 is 0 Å². The number of nitrogens with two attached hydrogens (primary N) is 1. The topological polar surface area (TPSA) is 55.9 Å². The van der Waals surface area contributed by atoms with Crippen molar-refractivity contribution in [3.8, 4) is 0 Å². The van der Waals surface area contributed by atoms with E-state index in [1.807, 2.05) is 36.1 Å². The fraction of sp³-hybridized carbons (Fsp3) is 0.250. The summed E-state index contributed by atoms with van der Waals surface area (Å²) in [4.78, 5) is 0. The molecule has 0 aliphatic rings. The smallest absolute Gasteiger partial charge is 0.0542 e. The van der Waals surface area contributed by atoms with Crippen LogP contribution in [-0.2, 0) is 13.6 Å². The highest BCUT2D eigenvalue weighted by Gasteiger charge is 2.04. The molecular weight excluding hydrogens is 280 g/mol. The molecule has 0 atom stereocenters. The van der Waals surface area contributed by atoms with Crippen molar-refractivity contribution in [3.05, 3.63) is 40.1 Å². The molecule has 0 spiro atoms. The minimum atomic E-state index is 0.750. The highest BCUT2D eigenvalue weighted by atomic mass is 79.9. The number of nitrogens with zero attached hydrogens (tertiary/aromatic N) is 2. The molecule has 0 radical (unpaired) electrons. The van der Waals surface area contributed by atoms with Crippen molar-refractivity contribution in [1.29, 1.82) is 0 Å². The van der Waals surface area contributed by atoms with E-state index in [-0.39, 0.29) is 0 Å². The molecule has 0 aliphatic heterocycles. The fourth-order valence-corrected chi connectivity index (χ4v) is 2.12. The Kier molecular flexibility index (Phi) is 3.38. The zero-order valence-electron chi connectivity index (χ0n) is 9.87. The molecule has 2 rings (SSSR count). The van der Waals surface area contributed by atoms with Crippen LogP contribution in [0.5, 0.6) is 0 Å². The maximum Gasteiger partial charge on any atom is 0.0542 e. The molecule has 0 fully saturated rings. The largest absolute Gasteiger partial charge is 0.399 e. The van der Waals surface area contributed by atoms with Crippen molar-refractivity contribution in [3.63, 3.8) is 0 Å². The van der Waals surface area contributed by atoms with E-state index >= 15 is 0 Å². The zero-order chi connectivity index (χ0) is 12.4. The first-order valence-corrected chi connectivity index (χ1v) is 6.13. The Morgan fingerprint density at radius 2 is 2.24 bits per heavy atom. The second-order valence-corrected chi connectivity index (χ2v) is 4.83. The second-order valence-electron chi connectivity index (χ2n) is 3.97. The summed E-state index contributed by atoms with van der Waals surface area (Å²) in [5, 5.41) is 7.56. The quantitative estimate of drug-likeness (QED) is 0.856. The Hall–Kier alpha value is -1.49. The van der Waals surface area contributed by atoms with Crippen LogP contribution in [0.4, 0.5) is 11.4 Å². The lowest BCUT2D eigenvalue weighted by Crippen LogP contribution is -2.02. The lowest BCUT2D eigenvalue weighted by molar-refractivity contribution is 0.738. The van der Waals surface area contributed by atoms with Crippen LogP contribution in [0.2, 0.25) is 0 Å². The number of nitrogens with one attached hydrogen (secondary N) is 1. The van der Waals surface area contributed by atoms with Crippen LogP contribution >= 0.6 is 15.9 Å². The van der Waals surface area contributed by atoms with Gasteiger partial charge in [-0.25, -0.2) is 0 Å². The minimum Gasteiger partial charge on any atom is -0.399 e. The third kappa shape index (κ3) is 2.61. The van der Waals surface area contributed by atoms with Crippen LogP contribution in [0.25, 0.3) is 0 Å². The van der Waals surface area contributed by atoms with E-state index in [2.05, 4.69) is 33.3 Å². The molecule has 5 heteroatoms. The Balaban J connectivity index is 2.10. The van der Waals surface area contributed by atoms with Crippen LogP contribution in [0.1, 0.15) is 11.3 Å². The predicted molar refractivity (Wildman–Crippen MR) is 73.8 cm³/mol. The highest BCUT2D eigenvalue weighted by Crippen LogP contribution is 2.25.